The first-order chi connectivity index (χ1) is 16.1. The number of fused-ring (bicyclic) bond motifs is 1. The summed E-state index contributed by atoms with van der Waals surface area (Å²) in [7, 11) is 1.47. The second-order valence-corrected chi connectivity index (χ2v) is 7.90. The summed E-state index contributed by atoms with van der Waals surface area (Å²) in [5.74, 6) is 0.135. The van der Waals surface area contributed by atoms with Gasteiger partial charge in [0.15, 0.2) is 11.5 Å². The number of phenols is 1. The number of nitrogens with zero attached hydrogens (tertiary/aromatic N) is 1. The number of aliphatic hydroxyl groups is 1. The highest BCUT2D eigenvalue weighted by molar-refractivity contribution is 5.92. The number of phenolic OH excluding ortho intramolecular Hbond substituents is 1. The summed E-state index contributed by atoms with van der Waals surface area (Å²) in [4.78, 5) is 14.8. The van der Waals surface area contributed by atoms with Crippen LogP contribution < -0.4 is 4.74 Å². The molecule has 0 saturated heterocycles. The molecule has 170 valence electrons. The number of hydrogen-bond acceptors (Lipinski definition) is 5. The molecule has 6 heteroatoms. The van der Waals surface area contributed by atoms with Gasteiger partial charge in [0.2, 0.25) is 5.91 Å². The number of aromatic hydroxyl groups is 1. The summed E-state index contributed by atoms with van der Waals surface area (Å²) in [6.07, 6.45) is 2.68. The van der Waals surface area contributed by atoms with Crippen LogP contribution in [0.25, 0.3) is 6.08 Å². The molecular weight excluding hydrogens is 418 g/mol. The van der Waals surface area contributed by atoms with E-state index in [9.17, 15) is 15.0 Å². The minimum Gasteiger partial charge on any atom is -0.504 e. The van der Waals surface area contributed by atoms with Gasteiger partial charge in [0.05, 0.1) is 26.4 Å². The molecule has 0 unspecified atom stereocenters. The standard InChI is InChI=1S/C27H27NO5/c1-32-25-15-19(11-13-24(25)30)12-14-26(31)28-16-21-9-5-6-10-22(21)27(23(28)17-29)33-18-20-7-3-2-4-8-20/h2-15,23,27,29-30H,16-18H2,1H3/b14-12+/t23-,27+/m0/s1. The van der Waals surface area contributed by atoms with Crippen LogP contribution >= 0.6 is 0 Å². The van der Waals surface area contributed by atoms with Crippen LogP contribution in [0.5, 0.6) is 11.5 Å². The monoisotopic (exact) mass is 445 g/mol. The third-order valence-corrected chi connectivity index (χ3v) is 5.82. The maximum atomic E-state index is 13.2. The molecule has 0 aromatic heterocycles. The van der Waals surface area contributed by atoms with Crippen molar-refractivity contribution in [1.29, 1.82) is 0 Å². The van der Waals surface area contributed by atoms with Crippen molar-refractivity contribution in [3.05, 3.63) is 101 Å². The van der Waals surface area contributed by atoms with Gasteiger partial charge in [0, 0.05) is 12.6 Å². The van der Waals surface area contributed by atoms with Gasteiger partial charge in [-0.1, -0.05) is 60.7 Å². The van der Waals surface area contributed by atoms with Crippen molar-refractivity contribution in [2.45, 2.75) is 25.3 Å². The van der Waals surface area contributed by atoms with Gasteiger partial charge in [0.25, 0.3) is 0 Å². The molecule has 0 aliphatic carbocycles. The number of carbonyl (C=O) groups is 1. The average Bonchev–Trinajstić information content (AvgIpc) is 2.86. The SMILES string of the molecule is COc1cc(/C=C/C(=O)N2Cc3ccccc3[C@@H](OCc3ccccc3)[C@@H]2CO)ccc1O. The van der Waals surface area contributed by atoms with Crippen LogP contribution in [0, 0.1) is 0 Å². The lowest BCUT2D eigenvalue weighted by Gasteiger charge is -2.41. The highest BCUT2D eigenvalue weighted by atomic mass is 16.5. The predicted octanol–water partition coefficient (Wildman–Crippen LogP) is 4.08. The number of aliphatic hydroxyl groups excluding tert-OH is 1. The van der Waals surface area contributed by atoms with E-state index in [2.05, 4.69) is 0 Å². The molecule has 1 aliphatic heterocycles. The van der Waals surface area contributed by atoms with E-state index >= 15 is 0 Å². The smallest absolute Gasteiger partial charge is 0.247 e. The first-order valence-corrected chi connectivity index (χ1v) is 10.8. The van der Waals surface area contributed by atoms with Crippen LogP contribution in [0.2, 0.25) is 0 Å². The first-order valence-electron chi connectivity index (χ1n) is 10.8. The molecule has 33 heavy (non-hydrogen) atoms. The Labute approximate surface area is 193 Å². The Morgan fingerprint density at radius 1 is 1.09 bits per heavy atom. The van der Waals surface area contributed by atoms with Crippen LogP contribution in [0.15, 0.2) is 78.9 Å². The van der Waals surface area contributed by atoms with Crippen molar-refractivity contribution in [2.75, 3.05) is 13.7 Å². The molecule has 0 saturated carbocycles. The van der Waals surface area contributed by atoms with E-state index in [1.807, 2.05) is 54.6 Å². The summed E-state index contributed by atoms with van der Waals surface area (Å²) < 4.78 is 11.4. The van der Waals surface area contributed by atoms with Crippen LogP contribution in [0.3, 0.4) is 0 Å². The van der Waals surface area contributed by atoms with Gasteiger partial charge in [-0.15, -0.1) is 0 Å². The topological polar surface area (TPSA) is 79.2 Å². The average molecular weight is 446 g/mol. The van der Waals surface area contributed by atoms with Gasteiger partial charge in [0.1, 0.15) is 6.10 Å². The molecule has 6 nitrogen and oxygen atoms in total. The summed E-state index contributed by atoms with van der Waals surface area (Å²) >= 11 is 0. The zero-order chi connectivity index (χ0) is 23.2. The molecule has 0 spiro atoms. The predicted molar refractivity (Wildman–Crippen MR) is 126 cm³/mol. The molecule has 0 radical (unpaired) electrons. The molecule has 4 rings (SSSR count). The number of carbonyl (C=O) groups excluding carboxylic acids is 1. The fourth-order valence-corrected chi connectivity index (χ4v) is 4.09. The first kappa shape index (κ1) is 22.6. The molecule has 0 bridgehead atoms. The molecule has 1 aliphatic rings. The van der Waals surface area contributed by atoms with Crippen molar-refractivity contribution in [2.24, 2.45) is 0 Å². The molecule has 3 aromatic rings. The normalized spacial score (nSPS) is 17.7. The maximum absolute atomic E-state index is 13.2. The van der Waals surface area contributed by atoms with Gasteiger partial charge in [-0.05, 0) is 40.5 Å². The fourth-order valence-electron chi connectivity index (χ4n) is 4.09. The maximum Gasteiger partial charge on any atom is 0.247 e. The Hall–Kier alpha value is -3.61. The molecule has 0 fully saturated rings. The highest BCUT2D eigenvalue weighted by Crippen LogP contribution is 2.35. The fraction of sp³-hybridized carbons (Fsp3) is 0.222. The van der Waals surface area contributed by atoms with Crippen molar-refractivity contribution in [3.8, 4) is 11.5 Å². The van der Waals surface area contributed by atoms with E-state index in [4.69, 9.17) is 9.47 Å². The van der Waals surface area contributed by atoms with Gasteiger partial charge < -0.3 is 24.6 Å². The third kappa shape index (κ3) is 5.08. The van der Waals surface area contributed by atoms with Crippen molar-refractivity contribution < 1.29 is 24.5 Å². The minimum absolute atomic E-state index is 0.0346. The van der Waals surface area contributed by atoms with Gasteiger partial charge in [-0.2, -0.15) is 0 Å². The lowest BCUT2D eigenvalue weighted by atomic mass is 9.91. The Morgan fingerprint density at radius 3 is 2.61 bits per heavy atom. The molecular formula is C27H27NO5. The molecule has 2 N–H and O–H groups in total. The Bertz CT molecular complexity index is 1130. The zero-order valence-corrected chi connectivity index (χ0v) is 18.4. The second-order valence-electron chi connectivity index (χ2n) is 7.90. The van der Waals surface area contributed by atoms with E-state index in [1.54, 1.807) is 23.1 Å². The van der Waals surface area contributed by atoms with E-state index < -0.39 is 12.1 Å². The third-order valence-electron chi connectivity index (χ3n) is 5.82. The second kappa shape index (κ2) is 10.3. The van der Waals surface area contributed by atoms with Crippen molar-refractivity contribution in [1.82, 2.24) is 4.90 Å². The quantitative estimate of drug-likeness (QED) is 0.536. The van der Waals surface area contributed by atoms with E-state index in [1.165, 1.54) is 19.3 Å². The zero-order valence-electron chi connectivity index (χ0n) is 18.4. The van der Waals surface area contributed by atoms with Crippen LogP contribution in [-0.4, -0.2) is 40.8 Å². The van der Waals surface area contributed by atoms with E-state index in [-0.39, 0.29) is 18.3 Å². The summed E-state index contributed by atoms with van der Waals surface area (Å²) in [6.45, 7) is 0.538. The number of ether oxygens (including phenoxy) is 2. The lowest BCUT2D eigenvalue weighted by Crippen LogP contribution is -2.48. The Morgan fingerprint density at radius 2 is 1.85 bits per heavy atom. The van der Waals surface area contributed by atoms with E-state index in [0.717, 1.165) is 16.7 Å². The number of rotatable bonds is 7. The van der Waals surface area contributed by atoms with Crippen LogP contribution in [0.4, 0.5) is 0 Å². The molecule has 1 amide bonds. The van der Waals surface area contributed by atoms with Crippen LogP contribution in [0.1, 0.15) is 28.4 Å². The summed E-state index contributed by atoms with van der Waals surface area (Å²) in [6, 6.07) is 22.0. The van der Waals surface area contributed by atoms with E-state index in [0.29, 0.717) is 24.5 Å². The summed E-state index contributed by atoms with van der Waals surface area (Å²) in [5, 5.41) is 20.0. The molecule has 1 heterocycles. The Kier molecular flexibility index (Phi) is 7.07. The molecule has 3 aromatic carbocycles. The van der Waals surface area contributed by atoms with Crippen LogP contribution in [-0.2, 0) is 22.7 Å². The van der Waals surface area contributed by atoms with Crippen molar-refractivity contribution in [3.63, 3.8) is 0 Å². The number of hydrogen-bond donors (Lipinski definition) is 2. The lowest BCUT2D eigenvalue weighted by molar-refractivity contribution is -0.137. The largest absolute Gasteiger partial charge is 0.504 e. The number of amides is 1. The Balaban J connectivity index is 1.57. The molecule has 2 atom stereocenters. The van der Waals surface area contributed by atoms with Gasteiger partial charge in [-0.3, -0.25) is 4.79 Å². The van der Waals surface area contributed by atoms with Crippen molar-refractivity contribution >= 4 is 12.0 Å². The number of methoxy groups -OCH3 is 1. The van der Waals surface area contributed by atoms with Gasteiger partial charge in [-0.25, -0.2) is 0 Å². The number of benzene rings is 3. The summed E-state index contributed by atoms with van der Waals surface area (Å²) in [5.41, 5.74) is 3.72. The van der Waals surface area contributed by atoms with Gasteiger partial charge >= 0.3 is 0 Å². The minimum atomic E-state index is -0.518. The highest BCUT2D eigenvalue weighted by Gasteiger charge is 2.37.